The van der Waals surface area contributed by atoms with Gasteiger partial charge in [0, 0.05) is 5.69 Å². The van der Waals surface area contributed by atoms with Crippen LogP contribution in [0.1, 0.15) is 29.2 Å². The van der Waals surface area contributed by atoms with Gasteiger partial charge in [-0.1, -0.05) is 11.3 Å². The third-order valence-corrected chi connectivity index (χ3v) is 2.86. The molecule has 1 heterocycles. The van der Waals surface area contributed by atoms with Gasteiger partial charge in [-0.2, -0.15) is 0 Å². The van der Waals surface area contributed by atoms with Gasteiger partial charge in [0.25, 0.3) is 5.91 Å². The largest absolute Gasteiger partial charge is 0.394 e. The zero-order valence-corrected chi connectivity index (χ0v) is 9.70. The van der Waals surface area contributed by atoms with Gasteiger partial charge >= 0.3 is 4.87 Å². The highest BCUT2D eigenvalue weighted by Gasteiger charge is 2.22. The fourth-order valence-electron chi connectivity index (χ4n) is 1.02. The van der Waals surface area contributed by atoms with Crippen molar-refractivity contribution in [1.82, 2.24) is 10.3 Å². The Bertz CT molecular complexity index is 419. The van der Waals surface area contributed by atoms with Crippen molar-refractivity contribution >= 4 is 17.2 Å². The maximum atomic E-state index is 11.7. The highest BCUT2D eigenvalue weighted by atomic mass is 32.1. The van der Waals surface area contributed by atoms with Gasteiger partial charge in [0.05, 0.1) is 12.1 Å². The fourth-order valence-corrected chi connectivity index (χ4v) is 1.76. The standard InChI is InChI=1S/C9H14N2O3S/c1-5-6(15-8(14)10-5)7(13)11-9(2,3)4-12/h12H,4H2,1-3H3,(H,10,14)(H,11,13). The normalized spacial score (nSPS) is 11.5. The van der Waals surface area contributed by atoms with Crippen LogP contribution in [0.3, 0.4) is 0 Å². The average molecular weight is 230 g/mol. The number of aromatic nitrogens is 1. The molecule has 0 unspecified atom stereocenters. The molecule has 1 aromatic heterocycles. The van der Waals surface area contributed by atoms with Crippen LogP contribution in [-0.2, 0) is 0 Å². The van der Waals surface area contributed by atoms with Crippen LogP contribution in [0.4, 0.5) is 0 Å². The summed E-state index contributed by atoms with van der Waals surface area (Å²) < 4.78 is 0. The molecule has 0 bridgehead atoms. The molecule has 3 N–H and O–H groups in total. The number of aliphatic hydroxyl groups excluding tert-OH is 1. The van der Waals surface area contributed by atoms with E-state index in [1.165, 1.54) is 0 Å². The van der Waals surface area contributed by atoms with E-state index in [0.29, 0.717) is 10.6 Å². The van der Waals surface area contributed by atoms with Gasteiger partial charge < -0.3 is 15.4 Å². The molecule has 84 valence electrons. The van der Waals surface area contributed by atoms with Gasteiger partial charge in [0.15, 0.2) is 0 Å². The summed E-state index contributed by atoms with van der Waals surface area (Å²) in [5, 5.41) is 11.6. The molecule has 5 nitrogen and oxygen atoms in total. The Labute approximate surface area is 91.1 Å². The molecule has 0 saturated carbocycles. The van der Waals surface area contributed by atoms with Crippen LogP contribution in [-0.4, -0.2) is 28.1 Å². The van der Waals surface area contributed by atoms with E-state index >= 15 is 0 Å². The van der Waals surface area contributed by atoms with Gasteiger partial charge in [-0.25, -0.2) is 0 Å². The number of amides is 1. The molecule has 0 aliphatic rings. The first-order valence-corrected chi connectivity index (χ1v) is 5.30. The fraction of sp³-hybridized carbons (Fsp3) is 0.556. The number of hydrogen-bond donors (Lipinski definition) is 3. The molecule has 0 aliphatic carbocycles. The summed E-state index contributed by atoms with van der Waals surface area (Å²) in [4.78, 5) is 25.3. The van der Waals surface area contributed by atoms with E-state index in [1.807, 2.05) is 0 Å². The van der Waals surface area contributed by atoms with Crippen LogP contribution in [0, 0.1) is 6.92 Å². The van der Waals surface area contributed by atoms with Crippen LogP contribution in [0.15, 0.2) is 4.79 Å². The smallest absolute Gasteiger partial charge is 0.305 e. The number of rotatable bonds is 3. The Kier molecular flexibility index (Phi) is 3.31. The molecule has 0 radical (unpaired) electrons. The van der Waals surface area contributed by atoms with Crippen LogP contribution < -0.4 is 10.2 Å². The molecular weight excluding hydrogens is 216 g/mol. The monoisotopic (exact) mass is 230 g/mol. The third-order valence-electron chi connectivity index (χ3n) is 1.88. The lowest BCUT2D eigenvalue weighted by atomic mass is 10.1. The van der Waals surface area contributed by atoms with Crippen LogP contribution in [0.2, 0.25) is 0 Å². The van der Waals surface area contributed by atoms with Gasteiger partial charge in [-0.15, -0.1) is 0 Å². The second-order valence-corrected chi connectivity index (χ2v) is 4.95. The molecule has 0 aliphatic heterocycles. The van der Waals surface area contributed by atoms with Crippen molar-refractivity contribution < 1.29 is 9.90 Å². The summed E-state index contributed by atoms with van der Waals surface area (Å²) in [6.07, 6.45) is 0. The van der Waals surface area contributed by atoms with Crippen molar-refractivity contribution in [3.63, 3.8) is 0 Å². The first-order chi connectivity index (χ1) is 6.85. The van der Waals surface area contributed by atoms with E-state index in [2.05, 4.69) is 10.3 Å². The minimum Gasteiger partial charge on any atom is -0.394 e. The van der Waals surface area contributed by atoms with Crippen molar-refractivity contribution in [3.05, 3.63) is 20.2 Å². The van der Waals surface area contributed by atoms with Gasteiger partial charge in [-0.3, -0.25) is 9.59 Å². The van der Waals surface area contributed by atoms with E-state index in [0.717, 1.165) is 11.3 Å². The summed E-state index contributed by atoms with van der Waals surface area (Å²) in [6.45, 7) is 4.92. The predicted molar refractivity (Wildman–Crippen MR) is 58.3 cm³/mol. The molecule has 0 fully saturated rings. The highest BCUT2D eigenvalue weighted by Crippen LogP contribution is 2.10. The molecule has 1 aromatic rings. The summed E-state index contributed by atoms with van der Waals surface area (Å²) in [7, 11) is 0. The molecule has 0 atom stereocenters. The third kappa shape index (κ3) is 2.90. The lowest BCUT2D eigenvalue weighted by molar-refractivity contribution is 0.0872. The maximum Gasteiger partial charge on any atom is 0.305 e. The quantitative estimate of drug-likeness (QED) is 0.696. The van der Waals surface area contributed by atoms with E-state index in [9.17, 15) is 9.59 Å². The number of aromatic amines is 1. The Morgan fingerprint density at radius 2 is 2.20 bits per heavy atom. The molecular formula is C9H14N2O3S. The Morgan fingerprint density at radius 1 is 1.60 bits per heavy atom. The molecule has 1 rings (SSSR count). The molecule has 6 heteroatoms. The van der Waals surface area contributed by atoms with Crippen molar-refractivity contribution in [3.8, 4) is 0 Å². The van der Waals surface area contributed by atoms with Crippen molar-refractivity contribution in [2.24, 2.45) is 0 Å². The van der Waals surface area contributed by atoms with E-state index in [-0.39, 0.29) is 17.4 Å². The Balaban J connectivity index is 2.87. The Hall–Kier alpha value is -1.14. The van der Waals surface area contributed by atoms with Crippen LogP contribution >= 0.6 is 11.3 Å². The summed E-state index contributed by atoms with van der Waals surface area (Å²) >= 11 is 0.869. The predicted octanol–water partition coefficient (Wildman–Crippen LogP) is 0.246. The number of H-pyrrole nitrogens is 1. The topological polar surface area (TPSA) is 82.2 Å². The average Bonchev–Trinajstić information content (AvgIpc) is 2.45. The number of thiazole rings is 1. The summed E-state index contributed by atoms with van der Waals surface area (Å²) in [5.74, 6) is -0.338. The van der Waals surface area contributed by atoms with Crippen molar-refractivity contribution in [2.45, 2.75) is 26.3 Å². The number of carbonyl (C=O) groups excluding carboxylic acids is 1. The van der Waals surface area contributed by atoms with E-state index in [1.54, 1.807) is 20.8 Å². The zero-order valence-electron chi connectivity index (χ0n) is 8.88. The maximum absolute atomic E-state index is 11.7. The number of carbonyl (C=O) groups is 1. The first-order valence-electron chi connectivity index (χ1n) is 4.49. The van der Waals surface area contributed by atoms with Gasteiger partial charge in [0.1, 0.15) is 4.88 Å². The van der Waals surface area contributed by atoms with Crippen LogP contribution in [0.25, 0.3) is 0 Å². The minimum atomic E-state index is -0.684. The van der Waals surface area contributed by atoms with Gasteiger partial charge in [-0.05, 0) is 20.8 Å². The first kappa shape index (κ1) is 11.9. The number of aliphatic hydroxyl groups is 1. The summed E-state index contributed by atoms with van der Waals surface area (Å²) in [6, 6.07) is 0. The van der Waals surface area contributed by atoms with Crippen LogP contribution in [0.5, 0.6) is 0 Å². The highest BCUT2D eigenvalue weighted by molar-refractivity contribution is 7.11. The minimum absolute atomic E-state index is 0.156. The molecule has 1 amide bonds. The second-order valence-electron chi connectivity index (χ2n) is 3.96. The Morgan fingerprint density at radius 3 is 2.60 bits per heavy atom. The van der Waals surface area contributed by atoms with Crippen molar-refractivity contribution in [1.29, 1.82) is 0 Å². The summed E-state index contributed by atoms with van der Waals surface area (Å²) in [5.41, 5.74) is -0.132. The molecule has 15 heavy (non-hydrogen) atoms. The molecule has 0 spiro atoms. The lowest BCUT2D eigenvalue weighted by Crippen LogP contribution is -2.46. The lowest BCUT2D eigenvalue weighted by Gasteiger charge is -2.22. The molecule has 0 saturated heterocycles. The van der Waals surface area contributed by atoms with E-state index in [4.69, 9.17) is 5.11 Å². The van der Waals surface area contributed by atoms with Gasteiger partial charge in [0.2, 0.25) is 0 Å². The SMILES string of the molecule is Cc1[nH]c(=O)sc1C(=O)NC(C)(C)CO. The van der Waals surface area contributed by atoms with Crippen molar-refractivity contribution in [2.75, 3.05) is 6.61 Å². The molecule has 0 aromatic carbocycles. The number of aryl methyl sites for hydroxylation is 1. The number of nitrogens with one attached hydrogen (secondary N) is 2. The number of hydrogen-bond acceptors (Lipinski definition) is 4. The second kappa shape index (κ2) is 4.16. The zero-order chi connectivity index (χ0) is 11.6. The van der Waals surface area contributed by atoms with E-state index < -0.39 is 5.54 Å².